The molecule has 1 aliphatic heterocycles. The Morgan fingerprint density at radius 2 is 2.38 bits per heavy atom. The molecule has 4 nitrogen and oxygen atoms in total. The fraction of sp³-hybridized carbons (Fsp3) is 0.636. The topological polar surface area (TPSA) is 49.2 Å². The number of halogens is 1. The highest BCUT2D eigenvalue weighted by Gasteiger charge is 2.25. The maximum Gasteiger partial charge on any atom is 0.133 e. The number of aliphatic hydroxyl groups excluding tert-OH is 1. The second-order valence-electron chi connectivity index (χ2n) is 4.05. The normalized spacial score (nSPS) is 20.4. The maximum atomic E-state index is 8.88. The van der Waals surface area contributed by atoms with E-state index in [1.807, 2.05) is 6.07 Å². The summed E-state index contributed by atoms with van der Waals surface area (Å²) in [5.41, 5.74) is 0. The van der Waals surface area contributed by atoms with Gasteiger partial charge >= 0.3 is 0 Å². The molecule has 1 saturated heterocycles. The van der Waals surface area contributed by atoms with E-state index in [4.69, 9.17) is 5.11 Å². The third-order valence-corrected chi connectivity index (χ3v) is 3.42. The molecule has 0 amide bonds. The number of hydrogen-bond donors (Lipinski definition) is 1. The van der Waals surface area contributed by atoms with Crippen molar-refractivity contribution in [1.29, 1.82) is 0 Å². The first kappa shape index (κ1) is 11.8. The molecule has 1 atom stereocenters. The monoisotopic (exact) mass is 285 g/mol. The molecule has 1 aromatic rings. The highest BCUT2D eigenvalue weighted by atomic mass is 79.9. The van der Waals surface area contributed by atoms with Crippen molar-refractivity contribution >= 4 is 21.7 Å². The van der Waals surface area contributed by atoms with Crippen molar-refractivity contribution in [1.82, 2.24) is 9.97 Å². The van der Waals surface area contributed by atoms with Gasteiger partial charge in [0.15, 0.2) is 0 Å². The molecule has 1 aliphatic rings. The van der Waals surface area contributed by atoms with Crippen LogP contribution >= 0.6 is 15.9 Å². The summed E-state index contributed by atoms with van der Waals surface area (Å²) in [6.07, 6.45) is 5.89. The lowest BCUT2D eigenvalue weighted by atomic mass is 10.1. The molecule has 5 heteroatoms. The van der Waals surface area contributed by atoms with Crippen molar-refractivity contribution in [3.63, 3.8) is 0 Å². The Balaban J connectivity index is 2.07. The van der Waals surface area contributed by atoms with Crippen LogP contribution in [0.5, 0.6) is 0 Å². The molecule has 1 N–H and O–H groups in total. The molecule has 0 radical (unpaired) electrons. The van der Waals surface area contributed by atoms with Gasteiger partial charge in [0.1, 0.15) is 16.7 Å². The van der Waals surface area contributed by atoms with Gasteiger partial charge in [0, 0.05) is 25.3 Å². The fourth-order valence-corrected chi connectivity index (χ4v) is 2.54. The van der Waals surface area contributed by atoms with Crippen molar-refractivity contribution in [2.75, 3.05) is 18.1 Å². The predicted molar refractivity (Wildman–Crippen MR) is 66.4 cm³/mol. The van der Waals surface area contributed by atoms with Gasteiger partial charge in [-0.05, 0) is 41.6 Å². The Kier molecular flexibility index (Phi) is 4.12. The van der Waals surface area contributed by atoms with Crippen LogP contribution in [0.15, 0.2) is 17.0 Å². The van der Waals surface area contributed by atoms with Crippen LogP contribution in [0.1, 0.15) is 25.7 Å². The van der Waals surface area contributed by atoms with E-state index < -0.39 is 0 Å². The van der Waals surface area contributed by atoms with Gasteiger partial charge in [0.05, 0.1) is 0 Å². The van der Waals surface area contributed by atoms with Crippen LogP contribution < -0.4 is 4.90 Å². The molecule has 1 fully saturated rings. The molecule has 2 heterocycles. The molecule has 0 aromatic carbocycles. The van der Waals surface area contributed by atoms with Gasteiger partial charge < -0.3 is 10.0 Å². The minimum atomic E-state index is 0.276. The SMILES string of the molecule is OCCCC1CCCN1c1cc(Br)ncn1. The van der Waals surface area contributed by atoms with Gasteiger partial charge in [0.2, 0.25) is 0 Å². The quantitative estimate of drug-likeness (QED) is 0.860. The second-order valence-corrected chi connectivity index (χ2v) is 4.87. The van der Waals surface area contributed by atoms with Crippen LogP contribution in [0, 0.1) is 0 Å². The Bertz CT molecular complexity index is 348. The highest BCUT2D eigenvalue weighted by molar-refractivity contribution is 9.10. The number of anilines is 1. The first-order valence-corrected chi connectivity index (χ1v) is 6.45. The fourth-order valence-electron chi connectivity index (χ4n) is 2.25. The summed E-state index contributed by atoms with van der Waals surface area (Å²) in [6, 6.07) is 2.48. The lowest BCUT2D eigenvalue weighted by Crippen LogP contribution is -2.30. The molecule has 88 valence electrons. The van der Waals surface area contributed by atoms with Crippen LogP contribution in [0.25, 0.3) is 0 Å². The third-order valence-electron chi connectivity index (χ3n) is 2.99. The standard InChI is InChI=1S/C11H16BrN3O/c12-10-7-11(14-8-13-10)15-5-1-3-9(15)4-2-6-16/h7-9,16H,1-6H2. The van der Waals surface area contributed by atoms with Gasteiger partial charge in [-0.2, -0.15) is 0 Å². The zero-order valence-electron chi connectivity index (χ0n) is 9.14. The van der Waals surface area contributed by atoms with Crippen LogP contribution in [0.4, 0.5) is 5.82 Å². The largest absolute Gasteiger partial charge is 0.396 e. The van der Waals surface area contributed by atoms with Gasteiger partial charge in [-0.15, -0.1) is 0 Å². The minimum absolute atomic E-state index is 0.276. The van der Waals surface area contributed by atoms with Crippen molar-refractivity contribution < 1.29 is 5.11 Å². The second kappa shape index (κ2) is 5.59. The molecule has 0 saturated carbocycles. The van der Waals surface area contributed by atoms with Crippen molar-refractivity contribution in [2.24, 2.45) is 0 Å². The van der Waals surface area contributed by atoms with E-state index >= 15 is 0 Å². The highest BCUT2D eigenvalue weighted by Crippen LogP contribution is 2.27. The van der Waals surface area contributed by atoms with E-state index in [9.17, 15) is 0 Å². The molecule has 0 spiro atoms. The van der Waals surface area contributed by atoms with E-state index in [0.717, 1.165) is 29.8 Å². The summed E-state index contributed by atoms with van der Waals surface area (Å²) in [5, 5.41) is 8.88. The summed E-state index contributed by atoms with van der Waals surface area (Å²) in [4.78, 5) is 10.7. The van der Waals surface area contributed by atoms with E-state index in [2.05, 4.69) is 30.8 Å². The average Bonchev–Trinajstić information content (AvgIpc) is 2.74. The van der Waals surface area contributed by atoms with Crippen LogP contribution in [0.3, 0.4) is 0 Å². The van der Waals surface area contributed by atoms with E-state index in [1.54, 1.807) is 6.33 Å². The number of rotatable bonds is 4. The summed E-state index contributed by atoms with van der Waals surface area (Å²) < 4.78 is 0.824. The van der Waals surface area contributed by atoms with E-state index in [-0.39, 0.29) is 6.61 Å². The smallest absolute Gasteiger partial charge is 0.133 e. The van der Waals surface area contributed by atoms with E-state index in [0.29, 0.717) is 6.04 Å². The zero-order chi connectivity index (χ0) is 11.4. The van der Waals surface area contributed by atoms with Crippen molar-refractivity contribution in [3.05, 3.63) is 17.0 Å². The maximum absolute atomic E-state index is 8.88. The van der Waals surface area contributed by atoms with Crippen molar-refractivity contribution in [3.8, 4) is 0 Å². The molecular formula is C11H16BrN3O. The number of hydrogen-bond acceptors (Lipinski definition) is 4. The van der Waals surface area contributed by atoms with Gasteiger partial charge in [-0.25, -0.2) is 9.97 Å². The number of aliphatic hydroxyl groups is 1. The Hall–Kier alpha value is -0.680. The molecule has 1 unspecified atom stereocenters. The first-order chi connectivity index (χ1) is 7.81. The summed E-state index contributed by atoms with van der Waals surface area (Å²) in [7, 11) is 0. The minimum Gasteiger partial charge on any atom is -0.396 e. The molecule has 0 bridgehead atoms. The lowest BCUT2D eigenvalue weighted by Gasteiger charge is -2.25. The van der Waals surface area contributed by atoms with Crippen LogP contribution in [-0.4, -0.2) is 34.3 Å². The average molecular weight is 286 g/mol. The molecule has 1 aromatic heterocycles. The Labute approximate surface area is 104 Å². The van der Waals surface area contributed by atoms with Gasteiger partial charge in [-0.1, -0.05) is 0 Å². The van der Waals surface area contributed by atoms with Crippen molar-refractivity contribution in [2.45, 2.75) is 31.7 Å². The zero-order valence-corrected chi connectivity index (χ0v) is 10.7. The number of aromatic nitrogens is 2. The van der Waals surface area contributed by atoms with E-state index in [1.165, 1.54) is 12.8 Å². The third kappa shape index (κ3) is 2.71. The number of nitrogens with zero attached hydrogens (tertiary/aromatic N) is 3. The van der Waals surface area contributed by atoms with Crippen LogP contribution in [-0.2, 0) is 0 Å². The van der Waals surface area contributed by atoms with Gasteiger partial charge in [-0.3, -0.25) is 0 Å². The van der Waals surface area contributed by atoms with Gasteiger partial charge in [0.25, 0.3) is 0 Å². The van der Waals surface area contributed by atoms with Crippen LogP contribution in [0.2, 0.25) is 0 Å². The predicted octanol–water partition coefficient (Wildman–Crippen LogP) is 1.98. The molecule has 0 aliphatic carbocycles. The summed E-state index contributed by atoms with van der Waals surface area (Å²) in [5.74, 6) is 0.988. The Morgan fingerprint density at radius 1 is 1.50 bits per heavy atom. The molecule has 2 rings (SSSR count). The Morgan fingerprint density at radius 3 is 3.12 bits per heavy atom. The summed E-state index contributed by atoms with van der Waals surface area (Å²) in [6.45, 7) is 1.33. The first-order valence-electron chi connectivity index (χ1n) is 5.66. The molecular weight excluding hydrogens is 270 g/mol. The molecule has 16 heavy (non-hydrogen) atoms. The lowest BCUT2D eigenvalue weighted by molar-refractivity contribution is 0.279. The summed E-state index contributed by atoms with van der Waals surface area (Å²) >= 11 is 3.36.